The van der Waals surface area contributed by atoms with Crippen LogP contribution in [0.3, 0.4) is 0 Å². The highest BCUT2D eigenvalue weighted by Crippen LogP contribution is 2.39. The summed E-state index contributed by atoms with van der Waals surface area (Å²) in [5.74, 6) is -1.09. The normalized spacial score (nSPS) is 18.3. The third kappa shape index (κ3) is 1.70. The minimum Gasteiger partial charge on any atom is -0.351 e. The molecule has 0 bridgehead atoms. The zero-order valence-electron chi connectivity index (χ0n) is 8.84. The van der Waals surface area contributed by atoms with Crippen molar-refractivity contribution in [3.8, 4) is 0 Å². The van der Waals surface area contributed by atoms with Crippen molar-refractivity contribution in [3.05, 3.63) is 30.3 Å². The summed E-state index contributed by atoms with van der Waals surface area (Å²) in [5.41, 5.74) is 5.22. The van der Waals surface area contributed by atoms with E-state index in [0.717, 1.165) is 4.90 Å². The number of primary amides is 1. The lowest BCUT2D eigenvalue weighted by atomic mass is 10.3. The summed E-state index contributed by atoms with van der Waals surface area (Å²) in [6, 6.07) is 5.80. The Balaban J connectivity index is 2.52. The number of nitrogens with zero attached hydrogens (tertiary/aromatic N) is 2. The van der Waals surface area contributed by atoms with Crippen LogP contribution in [0.5, 0.6) is 0 Å². The molecule has 0 spiro atoms. The third-order valence-corrected chi connectivity index (χ3v) is 3.02. The van der Waals surface area contributed by atoms with Crippen LogP contribution in [0.4, 0.5) is 15.3 Å². The summed E-state index contributed by atoms with van der Waals surface area (Å²) < 4.78 is -2.19. The van der Waals surface area contributed by atoms with Crippen molar-refractivity contribution in [2.75, 3.05) is 4.90 Å². The fraction of sp³-hybridized carbons (Fsp3) is 0.100. The van der Waals surface area contributed by atoms with Gasteiger partial charge in [0.2, 0.25) is 0 Å². The summed E-state index contributed by atoms with van der Waals surface area (Å²) in [4.78, 5) is 35.7. The molecular weight excluding hydrogens is 281 g/mol. The average Bonchev–Trinajstić information content (AvgIpc) is 2.46. The van der Waals surface area contributed by atoms with Gasteiger partial charge >= 0.3 is 12.1 Å². The van der Waals surface area contributed by atoms with E-state index >= 15 is 0 Å². The SMILES string of the molecule is NC(=O)N1C(=O)N(c2ccccc2)C(Cl)(Cl)C1=O. The molecule has 2 rings (SSSR count). The molecule has 0 atom stereocenters. The minimum absolute atomic E-state index is 0.201. The van der Waals surface area contributed by atoms with Gasteiger partial charge in [-0.15, -0.1) is 0 Å². The summed E-state index contributed by atoms with van der Waals surface area (Å²) in [6.07, 6.45) is 0. The van der Waals surface area contributed by atoms with Gasteiger partial charge in [0.25, 0.3) is 10.4 Å². The Hall–Kier alpha value is -1.79. The predicted octanol–water partition coefficient (Wildman–Crippen LogP) is 1.67. The van der Waals surface area contributed by atoms with Gasteiger partial charge in [0.05, 0.1) is 0 Å². The van der Waals surface area contributed by atoms with Crippen LogP contribution in [-0.4, -0.2) is 27.3 Å². The average molecular weight is 288 g/mol. The van der Waals surface area contributed by atoms with Crippen LogP contribution in [0.2, 0.25) is 0 Å². The number of rotatable bonds is 1. The molecular formula is C10H7Cl2N3O3. The topological polar surface area (TPSA) is 83.7 Å². The Morgan fingerprint density at radius 3 is 2.17 bits per heavy atom. The van der Waals surface area contributed by atoms with E-state index in [4.69, 9.17) is 28.9 Å². The maximum absolute atomic E-state index is 11.9. The first kappa shape index (κ1) is 12.7. The molecule has 2 N–H and O–H groups in total. The highest BCUT2D eigenvalue weighted by molar-refractivity contribution is 6.63. The van der Waals surface area contributed by atoms with Gasteiger partial charge in [0, 0.05) is 5.69 Å². The number of amides is 5. The number of nitrogens with two attached hydrogens (primary N) is 1. The number of imide groups is 3. The maximum atomic E-state index is 11.9. The smallest absolute Gasteiger partial charge is 0.342 e. The van der Waals surface area contributed by atoms with Crippen LogP contribution < -0.4 is 10.6 Å². The number of halogens is 2. The third-order valence-electron chi connectivity index (χ3n) is 2.36. The molecule has 94 valence electrons. The highest BCUT2D eigenvalue weighted by Gasteiger charge is 2.58. The molecule has 5 amide bonds. The zero-order chi connectivity index (χ0) is 13.5. The fourth-order valence-corrected chi connectivity index (χ4v) is 2.09. The lowest BCUT2D eigenvalue weighted by molar-refractivity contribution is -0.124. The van der Waals surface area contributed by atoms with Crippen molar-refractivity contribution in [1.82, 2.24) is 4.90 Å². The molecule has 18 heavy (non-hydrogen) atoms. The second-order valence-corrected chi connectivity index (χ2v) is 4.76. The monoisotopic (exact) mass is 287 g/mol. The second kappa shape index (κ2) is 4.15. The molecule has 1 aromatic carbocycles. The van der Waals surface area contributed by atoms with Gasteiger partial charge in [-0.3, -0.25) is 9.69 Å². The van der Waals surface area contributed by atoms with E-state index < -0.39 is 22.4 Å². The van der Waals surface area contributed by atoms with Crippen LogP contribution in [0.25, 0.3) is 0 Å². The van der Waals surface area contributed by atoms with E-state index in [1.165, 1.54) is 12.1 Å². The van der Waals surface area contributed by atoms with E-state index in [1.54, 1.807) is 18.2 Å². The molecule has 0 radical (unpaired) electrons. The number of benzene rings is 1. The molecule has 1 aliphatic heterocycles. The number of alkyl halides is 2. The Bertz CT molecular complexity index is 532. The number of anilines is 1. The molecule has 6 nitrogen and oxygen atoms in total. The van der Waals surface area contributed by atoms with Crippen molar-refractivity contribution in [2.24, 2.45) is 5.73 Å². The van der Waals surface area contributed by atoms with Crippen molar-refractivity contribution in [2.45, 2.75) is 4.46 Å². The number of carbonyl (C=O) groups excluding carboxylic acids is 3. The lowest BCUT2D eigenvalue weighted by Gasteiger charge is -2.22. The molecule has 0 unspecified atom stereocenters. The number of carbonyl (C=O) groups is 3. The molecule has 0 aliphatic carbocycles. The molecule has 0 aromatic heterocycles. The molecule has 0 saturated carbocycles. The van der Waals surface area contributed by atoms with E-state index in [9.17, 15) is 14.4 Å². The van der Waals surface area contributed by atoms with Crippen molar-refractivity contribution in [1.29, 1.82) is 0 Å². The Kier molecular flexibility index (Phi) is 2.92. The second-order valence-electron chi connectivity index (χ2n) is 3.47. The summed E-state index contributed by atoms with van der Waals surface area (Å²) >= 11 is 11.6. The number of hydrogen-bond acceptors (Lipinski definition) is 3. The first-order chi connectivity index (χ1) is 8.37. The van der Waals surface area contributed by atoms with Gasteiger partial charge in [-0.1, -0.05) is 41.4 Å². The zero-order valence-corrected chi connectivity index (χ0v) is 10.4. The van der Waals surface area contributed by atoms with Crippen LogP contribution in [0.15, 0.2) is 30.3 Å². The fourth-order valence-electron chi connectivity index (χ4n) is 1.58. The summed E-state index contributed by atoms with van der Waals surface area (Å²) in [6.45, 7) is 0. The Morgan fingerprint density at radius 1 is 1.17 bits per heavy atom. The number of urea groups is 2. The van der Waals surface area contributed by atoms with Gasteiger partial charge < -0.3 is 5.73 Å². The van der Waals surface area contributed by atoms with Crippen LogP contribution in [-0.2, 0) is 4.79 Å². The van der Waals surface area contributed by atoms with Crippen LogP contribution in [0.1, 0.15) is 0 Å². The quantitative estimate of drug-likeness (QED) is 0.484. The van der Waals surface area contributed by atoms with Gasteiger partial charge in [-0.05, 0) is 12.1 Å². The van der Waals surface area contributed by atoms with E-state index in [0.29, 0.717) is 0 Å². The first-order valence-corrected chi connectivity index (χ1v) is 5.54. The van der Waals surface area contributed by atoms with Crippen LogP contribution >= 0.6 is 23.2 Å². The molecule has 1 heterocycles. The van der Waals surface area contributed by atoms with Crippen molar-refractivity contribution < 1.29 is 14.4 Å². The van der Waals surface area contributed by atoms with E-state index in [-0.39, 0.29) is 10.6 Å². The summed E-state index contributed by atoms with van der Waals surface area (Å²) in [7, 11) is 0. The van der Waals surface area contributed by atoms with Gasteiger partial charge in [0.1, 0.15) is 0 Å². The van der Waals surface area contributed by atoms with Gasteiger partial charge in [-0.25, -0.2) is 9.59 Å². The number of hydrogen-bond donors (Lipinski definition) is 1. The van der Waals surface area contributed by atoms with Gasteiger partial charge in [-0.2, -0.15) is 4.90 Å². The van der Waals surface area contributed by atoms with E-state index in [1.807, 2.05) is 0 Å². The molecule has 1 aromatic rings. The maximum Gasteiger partial charge on any atom is 0.342 e. The largest absolute Gasteiger partial charge is 0.351 e. The number of para-hydroxylation sites is 1. The van der Waals surface area contributed by atoms with E-state index in [2.05, 4.69) is 0 Å². The molecule has 1 fully saturated rings. The minimum atomic E-state index is -2.19. The molecule has 8 heteroatoms. The van der Waals surface area contributed by atoms with Gasteiger partial charge in [0.15, 0.2) is 0 Å². The standard InChI is InChI=1S/C10H7Cl2N3O3/c11-10(12)7(16)14(8(13)17)9(18)15(10)6-4-2-1-3-5-6/h1-5H,(H2,13,17). The van der Waals surface area contributed by atoms with Crippen molar-refractivity contribution in [3.63, 3.8) is 0 Å². The van der Waals surface area contributed by atoms with Crippen molar-refractivity contribution >= 4 is 46.9 Å². The first-order valence-electron chi connectivity index (χ1n) is 4.78. The molecule has 1 saturated heterocycles. The lowest BCUT2D eigenvalue weighted by Crippen LogP contribution is -2.41. The predicted molar refractivity (Wildman–Crippen MR) is 65.2 cm³/mol. The Morgan fingerprint density at radius 2 is 1.72 bits per heavy atom. The highest BCUT2D eigenvalue weighted by atomic mass is 35.5. The molecule has 1 aliphatic rings. The van der Waals surface area contributed by atoms with Crippen LogP contribution in [0, 0.1) is 0 Å². The summed E-state index contributed by atoms with van der Waals surface area (Å²) in [5, 5.41) is 0. The Labute approximate surface area is 112 Å².